The summed E-state index contributed by atoms with van der Waals surface area (Å²) in [6.07, 6.45) is 1.81. The van der Waals surface area contributed by atoms with Crippen molar-refractivity contribution in [1.82, 2.24) is 0 Å². The predicted octanol–water partition coefficient (Wildman–Crippen LogP) is 3.37. The molecule has 4 heteroatoms. The van der Waals surface area contributed by atoms with E-state index < -0.39 is 0 Å². The summed E-state index contributed by atoms with van der Waals surface area (Å²) in [6.45, 7) is 0. The lowest BCUT2D eigenvalue weighted by atomic mass is 10.0. The standard InChI is InChI=1S/C17H14O4/c1-19-13-9-8-12-15(16(13)20-2)14(21-17(12)18)10-11-6-4-3-5-7-11/h3-10H,1-2H3. The molecule has 0 aliphatic carbocycles. The molecule has 0 aromatic heterocycles. The third-order valence-corrected chi connectivity index (χ3v) is 3.31. The highest BCUT2D eigenvalue weighted by atomic mass is 16.5. The summed E-state index contributed by atoms with van der Waals surface area (Å²) < 4.78 is 16.0. The molecule has 0 amide bonds. The molecule has 1 heterocycles. The highest BCUT2D eigenvalue weighted by Gasteiger charge is 2.31. The summed E-state index contributed by atoms with van der Waals surface area (Å²) in [5.74, 6) is 1.15. The van der Waals surface area contributed by atoms with Crippen LogP contribution in [0.4, 0.5) is 0 Å². The highest BCUT2D eigenvalue weighted by molar-refractivity contribution is 6.07. The third-order valence-electron chi connectivity index (χ3n) is 3.31. The quantitative estimate of drug-likeness (QED) is 0.810. The Bertz CT molecular complexity index is 717. The van der Waals surface area contributed by atoms with Crippen molar-refractivity contribution in [3.05, 3.63) is 59.2 Å². The molecule has 0 saturated carbocycles. The Morgan fingerprint density at radius 3 is 2.43 bits per heavy atom. The van der Waals surface area contributed by atoms with Gasteiger partial charge in [0.2, 0.25) is 0 Å². The first-order valence-corrected chi connectivity index (χ1v) is 6.49. The number of fused-ring (bicyclic) bond motifs is 1. The number of ether oxygens (including phenoxy) is 3. The Labute approximate surface area is 122 Å². The van der Waals surface area contributed by atoms with E-state index in [0.29, 0.717) is 28.4 Å². The Kier molecular flexibility index (Phi) is 3.36. The lowest BCUT2D eigenvalue weighted by Gasteiger charge is -2.10. The van der Waals surface area contributed by atoms with Crippen LogP contribution in [0.1, 0.15) is 21.5 Å². The lowest BCUT2D eigenvalue weighted by molar-refractivity contribution is 0.0717. The van der Waals surface area contributed by atoms with Crippen LogP contribution in [-0.2, 0) is 4.74 Å². The minimum absolute atomic E-state index is 0.381. The Morgan fingerprint density at radius 2 is 1.76 bits per heavy atom. The van der Waals surface area contributed by atoms with Gasteiger partial charge in [0.25, 0.3) is 0 Å². The maximum atomic E-state index is 12.0. The first kappa shape index (κ1) is 13.2. The number of hydrogen-bond acceptors (Lipinski definition) is 4. The average molecular weight is 282 g/mol. The molecule has 1 aliphatic rings. The van der Waals surface area contributed by atoms with Gasteiger partial charge in [0.1, 0.15) is 5.76 Å². The second-order valence-corrected chi connectivity index (χ2v) is 4.53. The predicted molar refractivity (Wildman–Crippen MR) is 79.3 cm³/mol. The molecule has 0 fully saturated rings. The second kappa shape index (κ2) is 5.32. The van der Waals surface area contributed by atoms with Crippen molar-refractivity contribution in [3.8, 4) is 11.5 Å². The summed E-state index contributed by atoms with van der Waals surface area (Å²) in [6, 6.07) is 13.0. The number of hydrogen-bond donors (Lipinski definition) is 0. The topological polar surface area (TPSA) is 44.8 Å². The molecular formula is C17H14O4. The van der Waals surface area contributed by atoms with Crippen LogP contribution in [-0.4, -0.2) is 20.2 Å². The fourth-order valence-corrected chi connectivity index (χ4v) is 2.35. The maximum absolute atomic E-state index is 12.0. The first-order valence-electron chi connectivity index (χ1n) is 6.49. The molecule has 0 saturated heterocycles. The van der Waals surface area contributed by atoms with Crippen LogP contribution in [0.2, 0.25) is 0 Å². The first-order chi connectivity index (χ1) is 10.2. The number of carbonyl (C=O) groups is 1. The second-order valence-electron chi connectivity index (χ2n) is 4.53. The number of benzene rings is 2. The van der Waals surface area contributed by atoms with E-state index in [9.17, 15) is 4.79 Å². The number of methoxy groups -OCH3 is 2. The van der Waals surface area contributed by atoms with E-state index in [1.807, 2.05) is 36.4 Å². The average Bonchev–Trinajstić information content (AvgIpc) is 2.83. The molecule has 3 rings (SSSR count). The molecule has 4 nitrogen and oxygen atoms in total. The van der Waals surface area contributed by atoms with Gasteiger partial charge in [0, 0.05) is 0 Å². The van der Waals surface area contributed by atoms with Gasteiger partial charge in [-0.2, -0.15) is 0 Å². The van der Waals surface area contributed by atoms with E-state index in [1.54, 1.807) is 26.4 Å². The normalized spacial score (nSPS) is 14.8. The molecule has 2 aromatic carbocycles. The number of carbonyl (C=O) groups excluding carboxylic acids is 1. The van der Waals surface area contributed by atoms with Gasteiger partial charge in [-0.05, 0) is 23.8 Å². The minimum Gasteiger partial charge on any atom is -0.493 e. The Balaban J connectivity index is 2.18. The molecule has 1 aliphatic heterocycles. The SMILES string of the molecule is COc1ccc2c(c1OC)C(=Cc1ccccc1)OC2=O. The van der Waals surface area contributed by atoms with Crippen LogP contribution in [0.15, 0.2) is 42.5 Å². The van der Waals surface area contributed by atoms with Crippen molar-refractivity contribution >= 4 is 17.8 Å². The molecule has 0 spiro atoms. The zero-order valence-corrected chi connectivity index (χ0v) is 11.8. The molecular weight excluding hydrogens is 268 g/mol. The van der Waals surface area contributed by atoms with Crippen molar-refractivity contribution < 1.29 is 19.0 Å². The largest absolute Gasteiger partial charge is 0.493 e. The van der Waals surface area contributed by atoms with Gasteiger partial charge in [-0.1, -0.05) is 30.3 Å². The van der Waals surface area contributed by atoms with Crippen LogP contribution in [0.3, 0.4) is 0 Å². The summed E-state index contributed by atoms with van der Waals surface area (Å²) in [7, 11) is 3.10. The summed E-state index contributed by atoms with van der Waals surface area (Å²) >= 11 is 0. The van der Waals surface area contributed by atoms with Gasteiger partial charge in [-0.15, -0.1) is 0 Å². The number of cyclic esters (lactones) is 1. The van der Waals surface area contributed by atoms with Crippen LogP contribution in [0, 0.1) is 0 Å². The lowest BCUT2D eigenvalue weighted by Crippen LogP contribution is -1.97. The van der Waals surface area contributed by atoms with Gasteiger partial charge in [0.05, 0.1) is 25.3 Å². The fourth-order valence-electron chi connectivity index (χ4n) is 2.35. The van der Waals surface area contributed by atoms with Gasteiger partial charge in [-0.3, -0.25) is 0 Å². The van der Waals surface area contributed by atoms with Crippen LogP contribution >= 0.6 is 0 Å². The molecule has 106 valence electrons. The van der Waals surface area contributed by atoms with E-state index in [1.165, 1.54) is 0 Å². The number of esters is 1. The molecule has 0 N–H and O–H groups in total. The molecule has 21 heavy (non-hydrogen) atoms. The number of rotatable bonds is 3. The highest BCUT2D eigenvalue weighted by Crippen LogP contribution is 2.43. The van der Waals surface area contributed by atoms with E-state index in [2.05, 4.69) is 0 Å². The third kappa shape index (κ3) is 2.25. The van der Waals surface area contributed by atoms with Crippen molar-refractivity contribution in [2.24, 2.45) is 0 Å². The van der Waals surface area contributed by atoms with Crippen LogP contribution in [0.5, 0.6) is 11.5 Å². The van der Waals surface area contributed by atoms with Crippen molar-refractivity contribution in [3.63, 3.8) is 0 Å². The van der Waals surface area contributed by atoms with Crippen LogP contribution < -0.4 is 9.47 Å². The van der Waals surface area contributed by atoms with Gasteiger partial charge >= 0.3 is 5.97 Å². The van der Waals surface area contributed by atoms with E-state index in [0.717, 1.165) is 5.56 Å². The fraction of sp³-hybridized carbons (Fsp3) is 0.118. The Hall–Kier alpha value is -2.75. The minimum atomic E-state index is -0.381. The molecule has 0 radical (unpaired) electrons. The van der Waals surface area contributed by atoms with Crippen molar-refractivity contribution in [2.75, 3.05) is 14.2 Å². The zero-order valence-electron chi connectivity index (χ0n) is 11.8. The smallest absolute Gasteiger partial charge is 0.344 e. The van der Waals surface area contributed by atoms with Gasteiger partial charge in [0.15, 0.2) is 11.5 Å². The van der Waals surface area contributed by atoms with Gasteiger partial charge < -0.3 is 14.2 Å². The van der Waals surface area contributed by atoms with Crippen LogP contribution in [0.25, 0.3) is 11.8 Å². The van der Waals surface area contributed by atoms with Gasteiger partial charge in [-0.25, -0.2) is 4.79 Å². The molecule has 2 aromatic rings. The zero-order chi connectivity index (χ0) is 14.8. The molecule has 0 unspecified atom stereocenters. The molecule has 0 bridgehead atoms. The Morgan fingerprint density at radius 1 is 1.00 bits per heavy atom. The van der Waals surface area contributed by atoms with Crippen molar-refractivity contribution in [2.45, 2.75) is 0 Å². The summed E-state index contributed by atoms with van der Waals surface area (Å²) in [4.78, 5) is 12.0. The van der Waals surface area contributed by atoms with E-state index in [-0.39, 0.29) is 5.97 Å². The van der Waals surface area contributed by atoms with Crippen molar-refractivity contribution in [1.29, 1.82) is 0 Å². The van der Waals surface area contributed by atoms with E-state index in [4.69, 9.17) is 14.2 Å². The monoisotopic (exact) mass is 282 g/mol. The summed E-state index contributed by atoms with van der Waals surface area (Å²) in [5.41, 5.74) is 2.05. The maximum Gasteiger partial charge on any atom is 0.344 e. The summed E-state index contributed by atoms with van der Waals surface area (Å²) in [5, 5.41) is 0. The molecule has 0 atom stereocenters. The van der Waals surface area contributed by atoms with E-state index >= 15 is 0 Å².